The van der Waals surface area contributed by atoms with E-state index in [1.165, 1.54) is 31.2 Å². The zero-order valence-electron chi connectivity index (χ0n) is 22.3. The zero-order valence-corrected chi connectivity index (χ0v) is 22.3. The largest absolute Gasteiger partial charge is 0.508 e. The van der Waals surface area contributed by atoms with E-state index in [0.29, 0.717) is 0 Å². The third-order valence-corrected chi connectivity index (χ3v) is 7.35. The first-order valence-corrected chi connectivity index (χ1v) is 13.0. The summed E-state index contributed by atoms with van der Waals surface area (Å²) in [4.78, 5) is 12.9. The number of aliphatic hydroxyl groups excluding tert-OH is 6. The van der Waals surface area contributed by atoms with Crippen LogP contribution in [0.1, 0.15) is 6.92 Å². The average Bonchev–Trinajstić information content (AvgIpc) is 2.98. The summed E-state index contributed by atoms with van der Waals surface area (Å²) in [6.07, 6.45) is -16.3. The van der Waals surface area contributed by atoms with Crippen LogP contribution in [-0.4, -0.2) is 119 Å². The van der Waals surface area contributed by atoms with Crippen LogP contribution >= 0.6 is 0 Å². The van der Waals surface area contributed by atoms with Gasteiger partial charge in [0.2, 0.25) is 23.2 Å². The molecule has 2 aliphatic heterocycles. The van der Waals surface area contributed by atoms with Crippen molar-refractivity contribution in [1.29, 1.82) is 0 Å². The molecule has 0 spiro atoms. The molecule has 10 atom stereocenters. The molecule has 16 heteroatoms. The molecule has 0 aliphatic carbocycles. The normalized spacial score (nSPS) is 33.0. The minimum atomic E-state index is -1.93. The first-order chi connectivity index (χ1) is 20.3. The molecule has 3 aromatic rings. The maximum Gasteiger partial charge on any atom is 0.238 e. The van der Waals surface area contributed by atoms with Gasteiger partial charge in [-0.3, -0.25) is 4.79 Å². The van der Waals surface area contributed by atoms with Gasteiger partial charge in [-0.2, -0.15) is 0 Å². The first kappa shape index (κ1) is 30.7. The van der Waals surface area contributed by atoms with Crippen LogP contribution in [0.15, 0.2) is 39.5 Å². The highest BCUT2D eigenvalue weighted by atomic mass is 16.7. The van der Waals surface area contributed by atoms with Gasteiger partial charge in [-0.15, -0.1) is 0 Å². The molecule has 43 heavy (non-hydrogen) atoms. The maximum atomic E-state index is 12.9. The monoisotopic (exact) mass is 610 g/mol. The third kappa shape index (κ3) is 5.44. The third-order valence-electron chi connectivity index (χ3n) is 7.35. The second-order valence-corrected chi connectivity index (χ2v) is 10.2. The quantitative estimate of drug-likeness (QED) is 0.140. The van der Waals surface area contributed by atoms with Crippen molar-refractivity contribution in [3.8, 4) is 40.1 Å². The van der Waals surface area contributed by atoms with E-state index in [-0.39, 0.29) is 11.3 Å². The summed E-state index contributed by atoms with van der Waals surface area (Å²) in [5.74, 6) is -3.71. The van der Waals surface area contributed by atoms with Gasteiger partial charge in [-0.05, 0) is 31.2 Å². The lowest BCUT2D eigenvalue weighted by Gasteiger charge is -2.45. The molecule has 0 radical (unpaired) electrons. The molecule has 0 saturated carbocycles. The minimum absolute atomic E-state index is 0.116. The number of phenols is 3. The number of hydrogen-bond acceptors (Lipinski definition) is 16. The maximum absolute atomic E-state index is 12.9. The molecule has 1 aromatic heterocycles. The Kier molecular flexibility index (Phi) is 8.41. The lowest BCUT2D eigenvalue weighted by molar-refractivity contribution is -0.349. The molecule has 2 aliphatic rings. The second-order valence-electron chi connectivity index (χ2n) is 10.2. The highest BCUT2D eigenvalue weighted by Gasteiger charge is 2.51. The van der Waals surface area contributed by atoms with Crippen LogP contribution < -0.4 is 10.2 Å². The Morgan fingerprint density at radius 3 is 2.14 bits per heavy atom. The van der Waals surface area contributed by atoms with Crippen LogP contribution in [0.25, 0.3) is 22.3 Å². The summed E-state index contributed by atoms with van der Waals surface area (Å²) in [6.45, 7) is 0.564. The first-order valence-electron chi connectivity index (χ1n) is 13.0. The molecule has 16 nitrogen and oxygen atoms in total. The van der Waals surface area contributed by atoms with Crippen molar-refractivity contribution >= 4 is 11.0 Å². The smallest absolute Gasteiger partial charge is 0.238 e. The highest BCUT2D eigenvalue weighted by Crippen LogP contribution is 2.43. The fourth-order valence-electron chi connectivity index (χ4n) is 4.92. The number of rotatable bonds is 6. The predicted octanol–water partition coefficient (Wildman–Crippen LogP) is -1.69. The zero-order chi connectivity index (χ0) is 31.3. The summed E-state index contributed by atoms with van der Waals surface area (Å²) in [7, 11) is 0. The van der Waals surface area contributed by atoms with E-state index < -0.39 is 113 Å². The number of fused-ring (bicyclic) bond motifs is 1. The van der Waals surface area contributed by atoms with Crippen molar-refractivity contribution in [1.82, 2.24) is 0 Å². The van der Waals surface area contributed by atoms with E-state index in [0.717, 1.165) is 6.07 Å². The van der Waals surface area contributed by atoms with Crippen LogP contribution in [0, 0.1) is 0 Å². The molecule has 2 saturated heterocycles. The lowest BCUT2D eigenvalue weighted by Crippen LogP contribution is -2.64. The van der Waals surface area contributed by atoms with Crippen molar-refractivity contribution in [2.75, 3.05) is 6.61 Å². The second kappa shape index (κ2) is 11.8. The van der Waals surface area contributed by atoms with Gasteiger partial charge in [-0.1, -0.05) is 0 Å². The Hall–Kier alpha value is -3.71. The molecule has 0 unspecified atom stereocenters. The number of benzene rings is 2. The number of aromatic hydroxyl groups is 4. The van der Waals surface area contributed by atoms with Crippen molar-refractivity contribution in [2.24, 2.45) is 0 Å². The van der Waals surface area contributed by atoms with Crippen molar-refractivity contribution in [3.05, 3.63) is 40.6 Å². The summed E-state index contributed by atoms with van der Waals surface area (Å²) in [6, 6.07) is 5.91. The molecular weight excluding hydrogens is 580 g/mol. The van der Waals surface area contributed by atoms with E-state index >= 15 is 0 Å². The van der Waals surface area contributed by atoms with Crippen LogP contribution in [0.2, 0.25) is 0 Å². The summed E-state index contributed by atoms with van der Waals surface area (Å²) < 4.78 is 27.5. The van der Waals surface area contributed by atoms with E-state index in [2.05, 4.69) is 0 Å². The lowest BCUT2D eigenvalue weighted by atomic mass is 9.97. The standard InChI is InChI=1S/C27H30O16/c1-8-15(31)19(35)21(37)26(39-8)43-25-17(33)13(7-28)41-27(22(25)38)40-12-6-11(30)14-18(34)20(36)23(42-24(14)16(12)32)9-2-4-10(29)5-3-9/h2-6,8,13,15,17,19,21-22,25-33,35-38H,7H2,1H3/t8-,13+,15-,17+,19+,21-,22-,25-,26+,27-/m1/s1. The van der Waals surface area contributed by atoms with Gasteiger partial charge < -0.3 is 74.4 Å². The average molecular weight is 611 g/mol. The summed E-state index contributed by atoms with van der Waals surface area (Å²) >= 11 is 0. The van der Waals surface area contributed by atoms with Gasteiger partial charge in [0.05, 0.1) is 12.7 Å². The van der Waals surface area contributed by atoms with Crippen LogP contribution in [-0.2, 0) is 14.2 Å². The number of phenolic OH excluding ortho intramolecular Hbond substituents is 3. The SMILES string of the molecule is C[C@H]1O[C@@H](O[C@@H]2[C@@H](O)[C@H](CO)O[C@@H](Oc3cc(O)c4c(=O)c(O)c(-c5ccc(O)cc5)oc4c3O)[C@@H]2O)[C@H](O)[C@@H](O)[C@@H]1O. The molecule has 2 aromatic carbocycles. The Balaban J connectivity index is 1.48. The van der Waals surface area contributed by atoms with Crippen LogP contribution in [0.3, 0.4) is 0 Å². The fraction of sp³-hybridized carbons (Fsp3) is 0.444. The number of ether oxygens (including phenoxy) is 4. The van der Waals surface area contributed by atoms with Gasteiger partial charge in [0.15, 0.2) is 23.4 Å². The van der Waals surface area contributed by atoms with Crippen LogP contribution in [0.4, 0.5) is 0 Å². The molecule has 5 rings (SSSR count). The fourth-order valence-corrected chi connectivity index (χ4v) is 4.92. The van der Waals surface area contributed by atoms with Crippen molar-refractivity contribution in [2.45, 2.75) is 68.3 Å². The molecule has 2 fully saturated rings. The molecule has 234 valence electrons. The number of hydrogen-bond donors (Lipinski definition) is 10. The van der Waals surface area contributed by atoms with E-state index in [1.54, 1.807) is 0 Å². The van der Waals surface area contributed by atoms with E-state index in [9.17, 15) is 55.9 Å². The summed E-state index contributed by atoms with van der Waals surface area (Å²) in [5.41, 5.74) is -1.61. The molecular formula is C27H30O16. The highest BCUT2D eigenvalue weighted by molar-refractivity contribution is 5.93. The molecule has 0 bridgehead atoms. The topological polar surface area (TPSA) is 269 Å². The Labute approximate surface area is 241 Å². The summed E-state index contributed by atoms with van der Waals surface area (Å²) in [5, 5.41) is 103. The Morgan fingerprint density at radius 1 is 0.814 bits per heavy atom. The Morgan fingerprint density at radius 2 is 1.49 bits per heavy atom. The van der Waals surface area contributed by atoms with Crippen LogP contribution in [0.5, 0.6) is 28.7 Å². The molecule has 10 N–H and O–H groups in total. The number of aliphatic hydroxyl groups is 6. The van der Waals surface area contributed by atoms with E-state index in [1.807, 2.05) is 0 Å². The van der Waals surface area contributed by atoms with Gasteiger partial charge >= 0.3 is 0 Å². The van der Waals surface area contributed by atoms with Gasteiger partial charge in [-0.25, -0.2) is 0 Å². The Bertz CT molecular complexity index is 1520. The molecule has 3 heterocycles. The van der Waals surface area contributed by atoms with Crippen molar-refractivity contribution < 1.29 is 74.4 Å². The van der Waals surface area contributed by atoms with Gasteiger partial charge in [0.25, 0.3) is 0 Å². The van der Waals surface area contributed by atoms with E-state index in [4.69, 9.17) is 23.4 Å². The predicted molar refractivity (Wildman–Crippen MR) is 140 cm³/mol. The molecule has 0 amide bonds. The van der Waals surface area contributed by atoms with Gasteiger partial charge in [0, 0.05) is 11.6 Å². The van der Waals surface area contributed by atoms with Gasteiger partial charge in [0.1, 0.15) is 59.6 Å². The minimum Gasteiger partial charge on any atom is -0.508 e. The van der Waals surface area contributed by atoms with Crippen molar-refractivity contribution in [3.63, 3.8) is 0 Å².